The van der Waals surface area contributed by atoms with Crippen molar-refractivity contribution in [3.05, 3.63) is 54.1 Å². The Labute approximate surface area is 166 Å². The van der Waals surface area contributed by atoms with E-state index in [2.05, 4.69) is 5.32 Å². The predicted octanol–water partition coefficient (Wildman–Crippen LogP) is 2.88. The lowest BCUT2D eigenvalue weighted by molar-refractivity contribution is -0.116. The van der Waals surface area contributed by atoms with Crippen molar-refractivity contribution in [2.45, 2.75) is 18.6 Å². The van der Waals surface area contributed by atoms with Gasteiger partial charge in [-0.25, -0.2) is 12.7 Å². The van der Waals surface area contributed by atoms with Gasteiger partial charge in [0.25, 0.3) is 0 Å². The highest BCUT2D eigenvalue weighted by molar-refractivity contribution is 7.88. The minimum absolute atomic E-state index is 0.112. The van der Waals surface area contributed by atoms with Crippen molar-refractivity contribution < 1.29 is 22.7 Å². The van der Waals surface area contributed by atoms with E-state index in [-0.39, 0.29) is 11.7 Å². The second-order valence-electron chi connectivity index (χ2n) is 6.41. The maximum absolute atomic E-state index is 12.1. The van der Waals surface area contributed by atoms with Crippen molar-refractivity contribution in [3.8, 4) is 11.5 Å². The van der Waals surface area contributed by atoms with E-state index in [0.717, 1.165) is 11.5 Å². The van der Waals surface area contributed by atoms with Crippen LogP contribution in [0.1, 0.15) is 18.4 Å². The van der Waals surface area contributed by atoms with Crippen LogP contribution in [0.5, 0.6) is 11.5 Å². The zero-order chi connectivity index (χ0) is 20.6. The van der Waals surface area contributed by atoms with Crippen LogP contribution in [0, 0.1) is 0 Å². The SMILES string of the molecule is COc1ccc(OCCCC(=O)Nc2cccc(CS(=O)(=O)N(C)C)c2)cc1. The summed E-state index contributed by atoms with van der Waals surface area (Å²) < 4.78 is 35.8. The number of amides is 1. The van der Waals surface area contributed by atoms with E-state index >= 15 is 0 Å². The quantitative estimate of drug-likeness (QED) is 0.613. The average Bonchev–Trinajstić information content (AvgIpc) is 2.65. The van der Waals surface area contributed by atoms with Gasteiger partial charge in [0.15, 0.2) is 0 Å². The molecule has 0 spiro atoms. The van der Waals surface area contributed by atoms with Gasteiger partial charge in [-0.2, -0.15) is 0 Å². The number of nitrogens with one attached hydrogen (secondary N) is 1. The van der Waals surface area contributed by atoms with Gasteiger partial charge in [0.1, 0.15) is 11.5 Å². The molecule has 0 heterocycles. The van der Waals surface area contributed by atoms with Crippen LogP contribution in [-0.2, 0) is 20.6 Å². The van der Waals surface area contributed by atoms with Crippen LogP contribution >= 0.6 is 0 Å². The Hall–Kier alpha value is -2.58. The smallest absolute Gasteiger partial charge is 0.224 e. The standard InChI is InChI=1S/C20H26N2O5S/c1-22(2)28(24,25)15-16-6-4-7-17(14-16)21-20(23)8-5-13-27-19-11-9-18(26-3)10-12-19/h4,6-7,9-12,14H,5,8,13,15H2,1-3H3,(H,21,23). The zero-order valence-electron chi connectivity index (χ0n) is 16.3. The fourth-order valence-electron chi connectivity index (χ4n) is 2.40. The summed E-state index contributed by atoms with van der Waals surface area (Å²) in [5.74, 6) is 1.22. The van der Waals surface area contributed by atoms with E-state index in [1.54, 1.807) is 31.4 Å². The Kier molecular flexibility index (Phi) is 7.83. The molecule has 0 aliphatic carbocycles. The number of methoxy groups -OCH3 is 1. The van der Waals surface area contributed by atoms with E-state index in [1.807, 2.05) is 24.3 Å². The van der Waals surface area contributed by atoms with Crippen LogP contribution in [0.25, 0.3) is 0 Å². The van der Waals surface area contributed by atoms with E-state index in [1.165, 1.54) is 18.4 Å². The molecule has 0 radical (unpaired) electrons. The number of carbonyl (C=O) groups excluding carboxylic acids is 1. The summed E-state index contributed by atoms with van der Waals surface area (Å²) in [5.41, 5.74) is 1.20. The summed E-state index contributed by atoms with van der Waals surface area (Å²) in [4.78, 5) is 12.1. The van der Waals surface area contributed by atoms with E-state index in [0.29, 0.717) is 30.7 Å². The van der Waals surface area contributed by atoms with Gasteiger partial charge in [0.2, 0.25) is 15.9 Å². The second-order valence-corrected chi connectivity index (χ2v) is 8.60. The molecule has 2 aromatic rings. The van der Waals surface area contributed by atoms with Gasteiger partial charge in [0, 0.05) is 26.2 Å². The summed E-state index contributed by atoms with van der Waals surface area (Å²) in [7, 11) is 1.24. The van der Waals surface area contributed by atoms with E-state index in [4.69, 9.17) is 9.47 Å². The van der Waals surface area contributed by atoms with Crippen LogP contribution in [0.4, 0.5) is 5.69 Å². The molecular formula is C20H26N2O5S. The first-order chi connectivity index (χ1) is 13.3. The van der Waals surface area contributed by atoms with Crippen molar-refractivity contribution >= 4 is 21.6 Å². The molecule has 0 atom stereocenters. The highest BCUT2D eigenvalue weighted by Crippen LogP contribution is 2.18. The summed E-state index contributed by atoms with van der Waals surface area (Å²) in [6.07, 6.45) is 0.864. The summed E-state index contributed by atoms with van der Waals surface area (Å²) in [6, 6.07) is 14.1. The van der Waals surface area contributed by atoms with Gasteiger partial charge >= 0.3 is 0 Å². The number of hydrogen-bond acceptors (Lipinski definition) is 5. The first-order valence-electron chi connectivity index (χ1n) is 8.86. The molecule has 0 bridgehead atoms. The maximum atomic E-state index is 12.1. The minimum Gasteiger partial charge on any atom is -0.497 e. The predicted molar refractivity (Wildman–Crippen MR) is 109 cm³/mol. The molecule has 0 aliphatic heterocycles. The topological polar surface area (TPSA) is 84.9 Å². The molecule has 28 heavy (non-hydrogen) atoms. The first kappa shape index (κ1) is 21.7. The third kappa shape index (κ3) is 6.86. The molecular weight excluding hydrogens is 380 g/mol. The Morgan fingerprint density at radius 2 is 1.75 bits per heavy atom. The van der Waals surface area contributed by atoms with Crippen molar-refractivity contribution in [1.29, 1.82) is 0 Å². The lowest BCUT2D eigenvalue weighted by atomic mass is 10.2. The number of anilines is 1. The molecule has 0 aliphatic rings. The summed E-state index contributed by atoms with van der Waals surface area (Å²) in [5, 5.41) is 2.79. The molecule has 0 saturated carbocycles. The number of hydrogen-bond donors (Lipinski definition) is 1. The Morgan fingerprint density at radius 3 is 2.39 bits per heavy atom. The molecule has 7 nitrogen and oxygen atoms in total. The number of benzene rings is 2. The van der Waals surface area contributed by atoms with E-state index in [9.17, 15) is 13.2 Å². The molecule has 2 aromatic carbocycles. The molecule has 0 fully saturated rings. The van der Waals surface area contributed by atoms with Crippen LogP contribution in [-0.4, -0.2) is 46.4 Å². The lowest BCUT2D eigenvalue weighted by Gasteiger charge is -2.12. The molecule has 2 rings (SSSR count). The monoisotopic (exact) mass is 406 g/mol. The third-order valence-corrected chi connectivity index (χ3v) is 5.80. The molecule has 1 amide bonds. The Morgan fingerprint density at radius 1 is 1.07 bits per heavy atom. The summed E-state index contributed by atoms with van der Waals surface area (Å²) in [6.45, 7) is 0.418. The van der Waals surface area contributed by atoms with Crippen LogP contribution in [0.15, 0.2) is 48.5 Å². The normalized spacial score (nSPS) is 11.3. The number of carbonyl (C=O) groups is 1. The van der Waals surface area contributed by atoms with Crippen molar-refractivity contribution in [3.63, 3.8) is 0 Å². The fraction of sp³-hybridized carbons (Fsp3) is 0.350. The van der Waals surface area contributed by atoms with E-state index < -0.39 is 10.0 Å². The molecule has 0 aromatic heterocycles. The Balaban J connectivity index is 1.78. The van der Waals surface area contributed by atoms with Crippen LogP contribution in [0.3, 0.4) is 0 Å². The molecule has 152 valence electrons. The van der Waals surface area contributed by atoms with Gasteiger partial charge in [0.05, 0.1) is 19.5 Å². The van der Waals surface area contributed by atoms with Crippen LogP contribution < -0.4 is 14.8 Å². The maximum Gasteiger partial charge on any atom is 0.224 e. The minimum atomic E-state index is -3.35. The number of nitrogens with zero attached hydrogens (tertiary/aromatic N) is 1. The fourth-order valence-corrected chi connectivity index (χ4v) is 3.26. The Bertz CT molecular complexity index is 880. The molecule has 8 heteroatoms. The van der Waals surface area contributed by atoms with Crippen LogP contribution in [0.2, 0.25) is 0 Å². The van der Waals surface area contributed by atoms with Crippen molar-refractivity contribution in [1.82, 2.24) is 4.31 Å². The molecule has 0 saturated heterocycles. The number of sulfonamides is 1. The van der Waals surface area contributed by atoms with Gasteiger partial charge in [-0.15, -0.1) is 0 Å². The van der Waals surface area contributed by atoms with Crippen molar-refractivity contribution in [2.24, 2.45) is 0 Å². The molecule has 1 N–H and O–H groups in total. The largest absolute Gasteiger partial charge is 0.497 e. The highest BCUT2D eigenvalue weighted by atomic mass is 32.2. The highest BCUT2D eigenvalue weighted by Gasteiger charge is 2.15. The summed E-state index contributed by atoms with van der Waals surface area (Å²) >= 11 is 0. The first-order valence-corrected chi connectivity index (χ1v) is 10.5. The third-order valence-electron chi connectivity index (χ3n) is 3.99. The van der Waals surface area contributed by atoms with Gasteiger partial charge in [-0.3, -0.25) is 4.79 Å². The number of rotatable bonds is 10. The lowest BCUT2D eigenvalue weighted by Crippen LogP contribution is -2.23. The molecule has 0 unspecified atom stereocenters. The number of ether oxygens (including phenoxy) is 2. The second kappa shape index (κ2) is 10.1. The van der Waals surface area contributed by atoms with Gasteiger partial charge in [-0.1, -0.05) is 12.1 Å². The van der Waals surface area contributed by atoms with Crippen molar-refractivity contribution in [2.75, 3.05) is 33.1 Å². The zero-order valence-corrected chi connectivity index (χ0v) is 17.2. The average molecular weight is 407 g/mol. The van der Waals surface area contributed by atoms with Gasteiger partial charge in [-0.05, 0) is 48.4 Å². The van der Waals surface area contributed by atoms with Gasteiger partial charge < -0.3 is 14.8 Å².